The normalized spacial score (nSPS) is 17.7. The van der Waals surface area contributed by atoms with Crippen LogP contribution in [0.2, 0.25) is 5.02 Å². The van der Waals surface area contributed by atoms with Gasteiger partial charge in [-0.2, -0.15) is 0 Å². The molecule has 1 amide bonds. The Bertz CT molecular complexity index is 764. The van der Waals surface area contributed by atoms with Crippen LogP contribution in [0, 0.1) is 13.8 Å². The number of carbonyl (C=O) groups is 1. The number of rotatable bonds is 4. The lowest BCUT2D eigenvalue weighted by Gasteiger charge is -2.30. The standard InChI is InChI=1S/C21H25ClN2O/c1-14-11-15(2)21(18(22)12-14)23-20(25)13-24(3)19-10-6-8-16-7-4-5-9-17(16)19/h4-5,7,9,11-12,19H,6,8,10,13H2,1-3H3,(H,23,25)/p+1/t19-/m0/s1. The number of hydrogen-bond acceptors (Lipinski definition) is 1. The largest absolute Gasteiger partial charge is 0.323 e. The molecule has 1 aliphatic rings. The number of hydrogen-bond donors (Lipinski definition) is 2. The molecule has 0 bridgehead atoms. The molecular formula is C21H26ClN2O+. The van der Waals surface area contributed by atoms with Crippen LogP contribution in [-0.2, 0) is 11.2 Å². The van der Waals surface area contributed by atoms with Crippen molar-refractivity contribution in [2.45, 2.75) is 39.2 Å². The Balaban J connectivity index is 1.70. The second-order valence-corrected chi connectivity index (χ2v) is 7.56. The Kier molecular flexibility index (Phi) is 5.45. The van der Waals surface area contributed by atoms with E-state index in [4.69, 9.17) is 11.6 Å². The number of nitrogens with one attached hydrogen (secondary N) is 2. The lowest BCUT2D eigenvalue weighted by Crippen LogP contribution is -3.10. The highest BCUT2D eigenvalue weighted by Gasteiger charge is 2.28. The van der Waals surface area contributed by atoms with E-state index in [1.54, 1.807) is 0 Å². The minimum absolute atomic E-state index is 0.00871. The maximum absolute atomic E-state index is 12.6. The van der Waals surface area contributed by atoms with E-state index in [-0.39, 0.29) is 5.91 Å². The van der Waals surface area contributed by atoms with Gasteiger partial charge in [0.05, 0.1) is 17.8 Å². The highest BCUT2D eigenvalue weighted by molar-refractivity contribution is 6.34. The van der Waals surface area contributed by atoms with Crippen LogP contribution in [0.25, 0.3) is 0 Å². The summed E-state index contributed by atoms with van der Waals surface area (Å²) in [5, 5.41) is 3.61. The van der Waals surface area contributed by atoms with E-state index in [0.29, 0.717) is 17.6 Å². The highest BCUT2D eigenvalue weighted by atomic mass is 35.5. The van der Waals surface area contributed by atoms with Gasteiger partial charge in [0.1, 0.15) is 6.04 Å². The number of amides is 1. The van der Waals surface area contributed by atoms with E-state index < -0.39 is 0 Å². The van der Waals surface area contributed by atoms with Gasteiger partial charge in [0.2, 0.25) is 0 Å². The van der Waals surface area contributed by atoms with Crippen LogP contribution in [0.3, 0.4) is 0 Å². The number of carbonyl (C=O) groups excluding carboxylic acids is 1. The molecule has 2 atom stereocenters. The van der Waals surface area contributed by atoms with Gasteiger partial charge in [0.15, 0.2) is 6.54 Å². The number of aryl methyl sites for hydroxylation is 3. The Morgan fingerprint density at radius 3 is 2.80 bits per heavy atom. The van der Waals surface area contributed by atoms with Crippen LogP contribution in [-0.4, -0.2) is 19.5 Å². The lowest BCUT2D eigenvalue weighted by atomic mass is 9.87. The van der Waals surface area contributed by atoms with Crippen molar-refractivity contribution in [2.24, 2.45) is 0 Å². The summed E-state index contributed by atoms with van der Waals surface area (Å²) in [6, 6.07) is 12.9. The highest BCUT2D eigenvalue weighted by Crippen LogP contribution is 2.28. The van der Waals surface area contributed by atoms with Crippen LogP contribution < -0.4 is 10.2 Å². The quantitative estimate of drug-likeness (QED) is 0.862. The molecule has 0 spiro atoms. The van der Waals surface area contributed by atoms with E-state index in [0.717, 1.165) is 29.7 Å². The van der Waals surface area contributed by atoms with Crippen LogP contribution in [0.4, 0.5) is 5.69 Å². The minimum Gasteiger partial charge on any atom is -0.323 e. The summed E-state index contributed by atoms with van der Waals surface area (Å²) in [5.41, 5.74) is 5.65. The van der Waals surface area contributed by atoms with Crippen molar-refractivity contribution in [3.8, 4) is 0 Å². The SMILES string of the molecule is Cc1cc(C)c(NC(=O)C[NH+](C)[C@H]2CCCc3ccccc32)c(Cl)c1. The molecule has 2 aromatic rings. The summed E-state index contributed by atoms with van der Waals surface area (Å²) in [4.78, 5) is 13.8. The molecule has 0 radical (unpaired) electrons. The molecule has 2 aromatic carbocycles. The first-order valence-corrected chi connectivity index (χ1v) is 9.30. The minimum atomic E-state index is 0.00871. The molecule has 132 valence electrons. The Hall–Kier alpha value is -1.84. The van der Waals surface area contributed by atoms with Gasteiger partial charge < -0.3 is 10.2 Å². The van der Waals surface area contributed by atoms with Gasteiger partial charge in [-0.15, -0.1) is 0 Å². The zero-order valence-electron chi connectivity index (χ0n) is 15.2. The summed E-state index contributed by atoms with van der Waals surface area (Å²) in [6.07, 6.45) is 3.45. The fourth-order valence-electron chi connectivity index (χ4n) is 3.90. The van der Waals surface area contributed by atoms with Crippen molar-refractivity contribution < 1.29 is 9.69 Å². The molecule has 0 fully saturated rings. The first kappa shape index (κ1) is 18.0. The Labute approximate surface area is 155 Å². The van der Waals surface area contributed by atoms with Gasteiger partial charge in [0.25, 0.3) is 5.91 Å². The predicted molar refractivity (Wildman–Crippen MR) is 103 cm³/mol. The van der Waals surface area contributed by atoms with E-state index >= 15 is 0 Å². The molecule has 3 nitrogen and oxygen atoms in total. The summed E-state index contributed by atoms with van der Waals surface area (Å²) < 4.78 is 0. The van der Waals surface area contributed by atoms with Crippen LogP contribution >= 0.6 is 11.6 Å². The Morgan fingerprint density at radius 1 is 1.28 bits per heavy atom. The first-order chi connectivity index (χ1) is 12.0. The van der Waals surface area contributed by atoms with Crippen molar-refractivity contribution in [3.63, 3.8) is 0 Å². The molecule has 3 rings (SSSR count). The summed E-state index contributed by atoms with van der Waals surface area (Å²) in [5.74, 6) is 0.00871. The van der Waals surface area contributed by atoms with Crippen LogP contribution in [0.5, 0.6) is 0 Å². The zero-order valence-corrected chi connectivity index (χ0v) is 15.9. The average Bonchev–Trinajstić information content (AvgIpc) is 2.57. The zero-order chi connectivity index (χ0) is 18.0. The van der Waals surface area contributed by atoms with E-state index in [1.807, 2.05) is 26.0 Å². The van der Waals surface area contributed by atoms with Crippen molar-refractivity contribution in [1.29, 1.82) is 0 Å². The molecule has 0 aliphatic heterocycles. The van der Waals surface area contributed by atoms with Crippen molar-refractivity contribution >= 4 is 23.2 Å². The number of likely N-dealkylation sites (N-methyl/N-ethyl adjacent to an activating group) is 1. The second-order valence-electron chi connectivity index (χ2n) is 7.15. The Morgan fingerprint density at radius 2 is 2.04 bits per heavy atom. The van der Waals surface area contributed by atoms with Gasteiger partial charge >= 0.3 is 0 Å². The molecule has 25 heavy (non-hydrogen) atoms. The van der Waals surface area contributed by atoms with Gasteiger partial charge in [-0.25, -0.2) is 0 Å². The molecular weight excluding hydrogens is 332 g/mol. The van der Waals surface area contributed by atoms with Crippen LogP contribution in [0.15, 0.2) is 36.4 Å². The third-order valence-corrected chi connectivity index (χ3v) is 5.40. The predicted octanol–water partition coefficient (Wildman–Crippen LogP) is 3.49. The molecule has 4 heteroatoms. The van der Waals surface area contributed by atoms with Crippen molar-refractivity contribution in [3.05, 3.63) is 63.7 Å². The lowest BCUT2D eigenvalue weighted by molar-refractivity contribution is -0.905. The van der Waals surface area contributed by atoms with Crippen molar-refractivity contribution in [2.75, 3.05) is 18.9 Å². The number of halogens is 1. The number of quaternary nitrogens is 1. The maximum atomic E-state index is 12.6. The maximum Gasteiger partial charge on any atom is 0.279 e. The monoisotopic (exact) mass is 357 g/mol. The molecule has 0 heterocycles. The average molecular weight is 358 g/mol. The van der Waals surface area contributed by atoms with Crippen LogP contribution in [0.1, 0.15) is 41.1 Å². The fraction of sp³-hybridized carbons (Fsp3) is 0.381. The topological polar surface area (TPSA) is 33.5 Å². The number of benzene rings is 2. The molecule has 2 N–H and O–H groups in total. The van der Waals surface area contributed by atoms with E-state index in [1.165, 1.54) is 22.4 Å². The summed E-state index contributed by atoms with van der Waals surface area (Å²) in [6.45, 7) is 4.41. The first-order valence-electron chi connectivity index (χ1n) is 8.92. The molecule has 0 aromatic heterocycles. The molecule has 1 aliphatic carbocycles. The van der Waals surface area contributed by atoms with Crippen molar-refractivity contribution in [1.82, 2.24) is 0 Å². The summed E-state index contributed by atoms with van der Waals surface area (Å²) in [7, 11) is 2.11. The molecule has 0 saturated heterocycles. The summed E-state index contributed by atoms with van der Waals surface area (Å²) >= 11 is 6.31. The number of anilines is 1. The van der Waals surface area contributed by atoms with Gasteiger partial charge in [0, 0.05) is 12.0 Å². The van der Waals surface area contributed by atoms with Gasteiger partial charge in [-0.1, -0.05) is 41.9 Å². The van der Waals surface area contributed by atoms with E-state index in [2.05, 4.69) is 36.6 Å². The third kappa shape index (κ3) is 4.05. The number of fused-ring (bicyclic) bond motifs is 1. The third-order valence-electron chi connectivity index (χ3n) is 5.10. The van der Waals surface area contributed by atoms with E-state index in [9.17, 15) is 4.79 Å². The van der Waals surface area contributed by atoms with Gasteiger partial charge in [-0.05, 0) is 49.4 Å². The second kappa shape index (κ2) is 7.59. The molecule has 1 unspecified atom stereocenters. The fourth-order valence-corrected chi connectivity index (χ4v) is 4.27. The van der Waals surface area contributed by atoms with Gasteiger partial charge in [-0.3, -0.25) is 4.79 Å². The molecule has 0 saturated carbocycles. The smallest absolute Gasteiger partial charge is 0.279 e.